The van der Waals surface area contributed by atoms with Crippen LogP contribution in [0.5, 0.6) is 0 Å². The van der Waals surface area contributed by atoms with Gasteiger partial charge < -0.3 is 24.6 Å². The molecule has 2 N–H and O–H groups in total. The Kier molecular flexibility index (Phi) is 8.25. The summed E-state index contributed by atoms with van der Waals surface area (Å²) in [5, 5.41) is 11.3. The van der Waals surface area contributed by atoms with E-state index in [2.05, 4.69) is 5.32 Å². The number of esters is 1. The standard InChI is InChI=1S/C16H23NO6/c1-3-22-16(23-4-2,12-17-10-14(18)19)15(20)21-11-13-8-6-5-7-9-13/h5-9,17H,3-4,10-12H2,1-2H3,(H,18,19). The Hall–Kier alpha value is -1.96. The van der Waals surface area contributed by atoms with Crippen LogP contribution in [0.2, 0.25) is 0 Å². The van der Waals surface area contributed by atoms with Gasteiger partial charge in [-0.05, 0) is 19.4 Å². The molecule has 0 saturated carbocycles. The summed E-state index contributed by atoms with van der Waals surface area (Å²) in [4.78, 5) is 23.1. The normalized spacial score (nSPS) is 11.2. The molecule has 0 atom stereocenters. The molecule has 0 radical (unpaired) electrons. The average molecular weight is 325 g/mol. The third-order valence-corrected chi connectivity index (χ3v) is 2.91. The van der Waals surface area contributed by atoms with Gasteiger partial charge in [0.15, 0.2) is 0 Å². The first-order valence-corrected chi connectivity index (χ1v) is 7.45. The first-order valence-electron chi connectivity index (χ1n) is 7.45. The lowest BCUT2D eigenvalue weighted by Crippen LogP contribution is -2.53. The van der Waals surface area contributed by atoms with E-state index in [1.54, 1.807) is 13.8 Å². The Morgan fingerprint density at radius 3 is 2.26 bits per heavy atom. The molecule has 1 rings (SSSR count). The van der Waals surface area contributed by atoms with Crippen molar-refractivity contribution in [1.82, 2.24) is 5.32 Å². The van der Waals surface area contributed by atoms with Gasteiger partial charge in [0.05, 0.1) is 13.1 Å². The third kappa shape index (κ3) is 6.35. The largest absolute Gasteiger partial charge is 0.480 e. The van der Waals surface area contributed by atoms with Crippen LogP contribution in [-0.2, 0) is 30.4 Å². The van der Waals surface area contributed by atoms with Crippen LogP contribution in [-0.4, -0.2) is 49.1 Å². The lowest BCUT2D eigenvalue weighted by molar-refractivity contribution is -0.244. The van der Waals surface area contributed by atoms with Crippen molar-refractivity contribution >= 4 is 11.9 Å². The number of nitrogens with one attached hydrogen (secondary N) is 1. The lowest BCUT2D eigenvalue weighted by Gasteiger charge is -2.30. The fourth-order valence-corrected chi connectivity index (χ4v) is 1.97. The van der Waals surface area contributed by atoms with Gasteiger partial charge in [0, 0.05) is 13.2 Å². The number of carbonyl (C=O) groups excluding carboxylic acids is 1. The molecule has 0 heterocycles. The zero-order chi connectivity index (χ0) is 17.1. The van der Waals surface area contributed by atoms with Gasteiger partial charge in [-0.1, -0.05) is 30.3 Å². The van der Waals surface area contributed by atoms with Gasteiger partial charge in [-0.2, -0.15) is 0 Å². The van der Waals surface area contributed by atoms with Crippen molar-refractivity contribution < 1.29 is 28.9 Å². The second-order valence-electron chi connectivity index (χ2n) is 4.68. The number of carboxylic acids is 1. The molecule has 0 spiro atoms. The summed E-state index contributed by atoms with van der Waals surface area (Å²) in [5.41, 5.74) is 0.834. The molecule has 128 valence electrons. The van der Waals surface area contributed by atoms with Crippen molar-refractivity contribution in [2.45, 2.75) is 26.2 Å². The molecule has 0 fully saturated rings. The molecule has 23 heavy (non-hydrogen) atoms. The van der Waals surface area contributed by atoms with Crippen LogP contribution in [0.4, 0.5) is 0 Å². The second-order valence-corrected chi connectivity index (χ2v) is 4.68. The molecule has 0 bridgehead atoms. The fourth-order valence-electron chi connectivity index (χ4n) is 1.97. The molecule has 1 aromatic rings. The highest BCUT2D eigenvalue weighted by Crippen LogP contribution is 2.16. The van der Waals surface area contributed by atoms with Gasteiger partial charge in [-0.3, -0.25) is 4.79 Å². The third-order valence-electron chi connectivity index (χ3n) is 2.91. The van der Waals surface area contributed by atoms with Crippen LogP contribution < -0.4 is 5.32 Å². The Morgan fingerprint density at radius 1 is 1.13 bits per heavy atom. The van der Waals surface area contributed by atoms with Crippen molar-refractivity contribution in [2.75, 3.05) is 26.3 Å². The van der Waals surface area contributed by atoms with E-state index in [9.17, 15) is 9.59 Å². The molecule has 7 heteroatoms. The van der Waals surface area contributed by atoms with Crippen molar-refractivity contribution in [1.29, 1.82) is 0 Å². The molecule has 0 aliphatic heterocycles. The minimum atomic E-state index is -1.66. The van der Waals surface area contributed by atoms with Crippen LogP contribution >= 0.6 is 0 Å². The van der Waals surface area contributed by atoms with Gasteiger partial charge in [0.2, 0.25) is 0 Å². The zero-order valence-electron chi connectivity index (χ0n) is 13.4. The van der Waals surface area contributed by atoms with E-state index in [1.165, 1.54) is 0 Å². The minimum absolute atomic E-state index is 0.0838. The average Bonchev–Trinajstić information content (AvgIpc) is 2.53. The topological polar surface area (TPSA) is 94.1 Å². The van der Waals surface area contributed by atoms with E-state index in [-0.39, 0.29) is 32.9 Å². The van der Waals surface area contributed by atoms with E-state index in [0.717, 1.165) is 5.56 Å². The Morgan fingerprint density at radius 2 is 1.74 bits per heavy atom. The Bertz CT molecular complexity index is 485. The highest BCUT2D eigenvalue weighted by Gasteiger charge is 2.42. The summed E-state index contributed by atoms with van der Waals surface area (Å²) in [6.07, 6.45) is 0. The van der Waals surface area contributed by atoms with Crippen molar-refractivity contribution in [2.24, 2.45) is 0 Å². The van der Waals surface area contributed by atoms with E-state index >= 15 is 0 Å². The van der Waals surface area contributed by atoms with E-state index in [0.29, 0.717) is 0 Å². The highest BCUT2D eigenvalue weighted by atomic mass is 16.7. The van der Waals surface area contributed by atoms with Crippen LogP contribution in [0.25, 0.3) is 0 Å². The second kappa shape index (κ2) is 9.94. The van der Waals surface area contributed by atoms with Gasteiger partial charge in [0.25, 0.3) is 5.79 Å². The van der Waals surface area contributed by atoms with E-state index in [4.69, 9.17) is 19.3 Å². The Labute approximate surface area is 135 Å². The van der Waals surface area contributed by atoms with Crippen LogP contribution in [0, 0.1) is 0 Å². The molecule has 0 aliphatic rings. The first-order chi connectivity index (χ1) is 11.0. The number of rotatable bonds is 11. The van der Waals surface area contributed by atoms with Crippen LogP contribution in [0.1, 0.15) is 19.4 Å². The number of ether oxygens (including phenoxy) is 3. The number of carboxylic acid groups (broad SMARTS) is 1. The number of hydrogen-bond acceptors (Lipinski definition) is 6. The van der Waals surface area contributed by atoms with E-state index in [1.807, 2.05) is 30.3 Å². The van der Waals surface area contributed by atoms with E-state index < -0.39 is 17.7 Å². The monoisotopic (exact) mass is 325 g/mol. The van der Waals surface area contributed by atoms with Crippen LogP contribution in [0.15, 0.2) is 30.3 Å². The molecule has 1 aromatic carbocycles. The molecular formula is C16H23NO6. The molecule has 0 saturated heterocycles. The summed E-state index contributed by atoms with van der Waals surface area (Å²) < 4.78 is 16.2. The molecule has 0 aromatic heterocycles. The SMILES string of the molecule is CCOC(CNCC(=O)O)(OCC)C(=O)OCc1ccccc1. The molecule has 0 aliphatic carbocycles. The predicted octanol–water partition coefficient (Wildman–Crippen LogP) is 1.17. The Balaban J connectivity index is 2.74. The smallest absolute Gasteiger partial charge is 0.368 e. The van der Waals surface area contributed by atoms with Crippen molar-refractivity contribution in [3.63, 3.8) is 0 Å². The van der Waals surface area contributed by atoms with Gasteiger partial charge in [-0.25, -0.2) is 4.79 Å². The lowest BCUT2D eigenvalue weighted by atomic mass is 10.2. The number of benzene rings is 1. The summed E-state index contributed by atoms with van der Waals surface area (Å²) in [6, 6.07) is 9.22. The maximum atomic E-state index is 12.4. The molecule has 0 amide bonds. The van der Waals surface area contributed by atoms with Crippen molar-refractivity contribution in [3.8, 4) is 0 Å². The highest BCUT2D eigenvalue weighted by molar-refractivity contribution is 5.78. The quantitative estimate of drug-likeness (QED) is 0.466. The van der Waals surface area contributed by atoms with Gasteiger partial charge in [0.1, 0.15) is 6.61 Å². The van der Waals surface area contributed by atoms with Crippen LogP contribution in [0.3, 0.4) is 0 Å². The summed E-state index contributed by atoms with van der Waals surface area (Å²) in [6.45, 7) is 3.53. The summed E-state index contributed by atoms with van der Waals surface area (Å²) in [5.74, 6) is -3.39. The maximum Gasteiger partial charge on any atom is 0.368 e. The fraction of sp³-hybridized carbons (Fsp3) is 0.500. The number of hydrogen-bond donors (Lipinski definition) is 2. The zero-order valence-corrected chi connectivity index (χ0v) is 13.4. The number of carbonyl (C=O) groups is 2. The number of aliphatic carboxylic acids is 1. The first kappa shape index (κ1) is 19.1. The molecule has 0 unspecified atom stereocenters. The molecular weight excluding hydrogens is 302 g/mol. The maximum absolute atomic E-state index is 12.4. The van der Waals surface area contributed by atoms with Gasteiger partial charge in [-0.15, -0.1) is 0 Å². The van der Waals surface area contributed by atoms with Gasteiger partial charge >= 0.3 is 11.9 Å². The predicted molar refractivity (Wildman–Crippen MR) is 82.7 cm³/mol. The summed E-state index contributed by atoms with van der Waals surface area (Å²) >= 11 is 0. The summed E-state index contributed by atoms with van der Waals surface area (Å²) in [7, 11) is 0. The van der Waals surface area contributed by atoms with Crippen molar-refractivity contribution in [3.05, 3.63) is 35.9 Å². The molecule has 7 nitrogen and oxygen atoms in total. The minimum Gasteiger partial charge on any atom is -0.480 e.